The number of benzene rings is 1. The highest BCUT2D eigenvalue weighted by Crippen LogP contribution is 2.26. The molecule has 2 amide bonds. The maximum atomic E-state index is 12.8. The van der Waals surface area contributed by atoms with Gasteiger partial charge in [0.1, 0.15) is 11.8 Å². The first-order valence-corrected chi connectivity index (χ1v) is 10.5. The van der Waals surface area contributed by atoms with Crippen molar-refractivity contribution in [3.63, 3.8) is 0 Å². The highest BCUT2D eigenvalue weighted by Gasteiger charge is 2.37. The molecule has 2 saturated heterocycles. The third kappa shape index (κ3) is 3.93. The molecule has 9 heteroatoms. The number of nitrogens with one attached hydrogen (secondary N) is 1. The van der Waals surface area contributed by atoms with E-state index in [4.69, 9.17) is 4.74 Å². The number of ether oxygens (including phenoxy) is 1. The van der Waals surface area contributed by atoms with Crippen molar-refractivity contribution in [1.82, 2.24) is 14.5 Å². The molecule has 2 fully saturated rings. The van der Waals surface area contributed by atoms with Crippen LogP contribution in [0.1, 0.15) is 19.8 Å². The molecule has 1 N–H and O–H groups in total. The summed E-state index contributed by atoms with van der Waals surface area (Å²) in [5, 5.41) is 2.74. The Morgan fingerprint density at radius 2 is 1.78 bits per heavy atom. The molecule has 8 nitrogen and oxygen atoms in total. The number of methoxy groups -OCH3 is 1. The molecule has 148 valence electrons. The van der Waals surface area contributed by atoms with Crippen LogP contribution in [-0.4, -0.2) is 68.8 Å². The summed E-state index contributed by atoms with van der Waals surface area (Å²) in [6, 6.07) is 5.81. The van der Waals surface area contributed by atoms with Crippen molar-refractivity contribution in [2.75, 3.05) is 33.3 Å². The van der Waals surface area contributed by atoms with E-state index in [9.17, 15) is 18.0 Å². The van der Waals surface area contributed by atoms with Crippen molar-refractivity contribution in [2.45, 2.75) is 30.7 Å². The number of carbonyl (C=O) groups excluding carboxylic acids is 2. The van der Waals surface area contributed by atoms with E-state index in [0.29, 0.717) is 44.8 Å². The second-order valence-corrected chi connectivity index (χ2v) is 8.79. The fourth-order valence-electron chi connectivity index (χ4n) is 3.56. The van der Waals surface area contributed by atoms with Crippen LogP contribution >= 0.6 is 0 Å². The van der Waals surface area contributed by atoms with Gasteiger partial charge in [-0.1, -0.05) is 0 Å². The Bertz CT molecular complexity index is 801. The lowest BCUT2D eigenvalue weighted by Crippen LogP contribution is -2.57. The summed E-state index contributed by atoms with van der Waals surface area (Å²) in [6.07, 6.45) is 0.915. The first-order chi connectivity index (χ1) is 12.8. The Labute approximate surface area is 159 Å². The average molecular weight is 395 g/mol. The van der Waals surface area contributed by atoms with Crippen LogP contribution in [0.4, 0.5) is 0 Å². The Hall–Kier alpha value is -2.13. The first-order valence-electron chi connectivity index (χ1n) is 9.07. The number of rotatable bonds is 4. The van der Waals surface area contributed by atoms with Crippen LogP contribution in [-0.2, 0) is 19.6 Å². The number of amides is 2. The van der Waals surface area contributed by atoms with E-state index < -0.39 is 16.1 Å². The molecular formula is C18H25N3O5S. The van der Waals surface area contributed by atoms with Gasteiger partial charge in [-0.2, -0.15) is 4.31 Å². The van der Waals surface area contributed by atoms with Gasteiger partial charge in [-0.25, -0.2) is 8.42 Å². The van der Waals surface area contributed by atoms with Gasteiger partial charge in [0.25, 0.3) is 0 Å². The maximum absolute atomic E-state index is 12.8. The topological polar surface area (TPSA) is 96.0 Å². The number of hydrogen-bond donors (Lipinski definition) is 1. The molecule has 1 aromatic carbocycles. The lowest BCUT2D eigenvalue weighted by atomic mass is 9.95. The van der Waals surface area contributed by atoms with Crippen LogP contribution < -0.4 is 10.1 Å². The van der Waals surface area contributed by atoms with E-state index in [-0.39, 0.29) is 22.6 Å². The zero-order valence-electron chi connectivity index (χ0n) is 15.6. The van der Waals surface area contributed by atoms with Crippen molar-refractivity contribution in [3.8, 4) is 5.75 Å². The number of sulfonamides is 1. The molecule has 1 unspecified atom stereocenters. The van der Waals surface area contributed by atoms with Gasteiger partial charge in [-0.3, -0.25) is 9.59 Å². The van der Waals surface area contributed by atoms with Gasteiger partial charge >= 0.3 is 0 Å². The SMILES string of the molecule is COc1ccc(S(=O)(=O)N2CCC(C(=O)N3CCNC(=O)C3C)CC2)cc1. The molecule has 0 aliphatic carbocycles. The lowest BCUT2D eigenvalue weighted by molar-refractivity contribution is -0.146. The Morgan fingerprint density at radius 3 is 2.37 bits per heavy atom. The normalized spacial score (nSPS) is 22.4. The predicted octanol–water partition coefficient (Wildman–Crippen LogP) is 0.443. The third-order valence-electron chi connectivity index (χ3n) is 5.28. The van der Waals surface area contributed by atoms with Gasteiger partial charge < -0.3 is 15.0 Å². The molecule has 0 spiro atoms. The van der Waals surface area contributed by atoms with E-state index in [1.165, 1.54) is 23.5 Å². The fourth-order valence-corrected chi connectivity index (χ4v) is 5.03. The zero-order valence-corrected chi connectivity index (χ0v) is 16.4. The summed E-state index contributed by atoms with van der Waals surface area (Å²) in [4.78, 5) is 26.4. The van der Waals surface area contributed by atoms with E-state index in [2.05, 4.69) is 5.32 Å². The number of piperidine rings is 1. The first kappa shape index (κ1) is 19.6. The summed E-state index contributed by atoms with van der Waals surface area (Å²) in [7, 11) is -2.07. The molecule has 2 aliphatic rings. The Kier molecular flexibility index (Phi) is 5.71. The van der Waals surface area contributed by atoms with Crippen LogP contribution in [0.5, 0.6) is 5.75 Å². The minimum absolute atomic E-state index is 0.0566. The highest BCUT2D eigenvalue weighted by molar-refractivity contribution is 7.89. The van der Waals surface area contributed by atoms with Gasteiger partial charge in [0.15, 0.2) is 0 Å². The summed E-state index contributed by atoms with van der Waals surface area (Å²) < 4.78 is 32.1. The molecule has 3 rings (SSSR count). The van der Waals surface area contributed by atoms with Crippen molar-refractivity contribution in [2.24, 2.45) is 5.92 Å². The van der Waals surface area contributed by atoms with Crippen LogP contribution in [0.25, 0.3) is 0 Å². The van der Waals surface area contributed by atoms with Crippen LogP contribution in [0.2, 0.25) is 0 Å². The number of nitrogens with zero attached hydrogens (tertiary/aromatic N) is 2. The van der Waals surface area contributed by atoms with E-state index in [1.54, 1.807) is 24.0 Å². The molecule has 2 aliphatic heterocycles. The number of piperazine rings is 1. The minimum Gasteiger partial charge on any atom is -0.497 e. The molecule has 2 heterocycles. The molecule has 1 atom stereocenters. The lowest BCUT2D eigenvalue weighted by Gasteiger charge is -2.37. The minimum atomic E-state index is -3.59. The second kappa shape index (κ2) is 7.85. The monoisotopic (exact) mass is 395 g/mol. The smallest absolute Gasteiger partial charge is 0.243 e. The van der Waals surface area contributed by atoms with Crippen LogP contribution in [0, 0.1) is 5.92 Å². The second-order valence-electron chi connectivity index (χ2n) is 6.85. The summed E-state index contributed by atoms with van der Waals surface area (Å²) in [6.45, 7) is 3.25. The standard InChI is InChI=1S/C18H25N3O5S/c1-13-17(22)19-9-12-21(13)18(23)14-7-10-20(11-8-14)27(24,25)16-5-3-15(26-2)4-6-16/h3-6,13-14H,7-12H2,1-2H3,(H,19,22). The number of hydrogen-bond acceptors (Lipinski definition) is 5. The molecule has 1 aromatic rings. The largest absolute Gasteiger partial charge is 0.497 e. The summed E-state index contributed by atoms with van der Waals surface area (Å²) in [5.41, 5.74) is 0. The molecule has 0 saturated carbocycles. The number of carbonyl (C=O) groups is 2. The molecule has 0 aromatic heterocycles. The summed E-state index contributed by atoms with van der Waals surface area (Å²) in [5.74, 6) is 0.145. The fraction of sp³-hybridized carbons (Fsp3) is 0.556. The van der Waals surface area contributed by atoms with Gasteiger partial charge in [-0.05, 0) is 44.0 Å². The molecule has 27 heavy (non-hydrogen) atoms. The molecule has 0 bridgehead atoms. The van der Waals surface area contributed by atoms with E-state index in [1.807, 2.05) is 0 Å². The Morgan fingerprint density at radius 1 is 1.15 bits per heavy atom. The average Bonchev–Trinajstić information content (AvgIpc) is 2.69. The Balaban J connectivity index is 1.64. The van der Waals surface area contributed by atoms with Crippen LogP contribution in [0.3, 0.4) is 0 Å². The summed E-state index contributed by atoms with van der Waals surface area (Å²) >= 11 is 0. The van der Waals surface area contributed by atoms with Gasteiger partial charge in [0.05, 0.1) is 12.0 Å². The van der Waals surface area contributed by atoms with Crippen LogP contribution in [0.15, 0.2) is 29.2 Å². The highest BCUT2D eigenvalue weighted by atomic mass is 32.2. The van der Waals surface area contributed by atoms with E-state index in [0.717, 1.165) is 0 Å². The van der Waals surface area contributed by atoms with Gasteiger partial charge in [-0.15, -0.1) is 0 Å². The van der Waals surface area contributed by atoms with Crippen molar-refractivity contribution >= 4 is 21.8 Å². The molecule has 0 radical (unpaired) electrons. The van der Waals surface area contributed by atoms with E-state index >= 15 is 0 Å². The zero-order chi connectivity index (χ0) is 19.6. The third-order valence-corrected chi connectivity index (χ3v) is 7.20. The maximum Gasteiger partial charge on any atom is 0.243 e. The quantitative estimate of drug-likeness (QED) is 0.798. The van der Waals surface area contributed by atoms with Gasteiger partial charge in [0.2, 0.25) is 21.8 Å². The van der Waals surface area contributed by atoms with Crippen molar-refractivity contribution in [3.05, 3.63) is 24.3 Å². The van der Waals surface area contributed by atoms with Crippen molar-refractivity contribution < 1.29 is 22.7 Å². The van der Waals surface area contributed by atoms with Crippen molar-refractivity contribution in [1.29, 1.82) is 0 Å². The van der Waals surface area contributed by atoms with Gasteiger partial charge in [0, 0.05) is 32.1 Å². The predicted molar refractivity (Wildman–Crippen MR) is 98.7 cm³/mol. The molecular weight excluding hydrogens is 370 g/mol.